The quantitative estimate of drug-likeness (QED) is 0.0153. The maximum atomic E-state index is 11.3. The molecule has 6 unspecified atom stereocenters. The Morgan fingerprint density at radius 3 is 1.16 bits per heavy atom. The maximum Gasteiger partial charge on any atom is 1.00 e. The molecule has 492 valence electrons. The summed E-state index contributed by atoms with van der Waals surface area (Å²) in [4.78, 5) is 13.4. The van der Waals surface area contributed by atoms with Crippen LogP contribution in [0.5, 0.6) is 0 Å². The molecule has 6 aromatic carbocycles. The fourth-order valence-electron chi connectivity index (χ4n) is 6.72. The van der Waals surface area contributed by atoms with Gasteiger partial charge >= 0.3 is 37.2 Å². The molecule has 1 aliphatic heterocycles. The second-order valence-corrected chi connectivity index (χ2v) is 21.4. The number of carbonyl (C=O) groups excluding carboxylic acids is 1. The van der Waals surface area contributed by atoms with Crippen molar-refractivity contribution in [2.45, 2.75) is 182 Å². The summed E-state index contributed by atoms with van der Waals surface area (Å²) in [6.07, 6.45) is 1.69. The number of halogens is 1. The molecule has 6 atom stereocenters. The summed E-state index contributed by atoms with van der Waals surface area (Å²) in [5.41, 5.74) is 26.1. The summed E-state index contributed by atoms with van der Waals surface area (Å²) in [6, 6.07) is 58.9. The molecule has 6 N–H and O–H groups in total. The number of ketones is 1. The van der Waals surface area contributed by atoms with Gasteiger partial charge in [0.05, 0.1) is 42.6 Å². The third-order valence-electron chi connectivity index (χ3n) is 12.6. The minimum atomic E-state index is -2.70. The average Bonchev–Trinajstić information content (AvgIpc) is 4.09. The van der Waals surface area contributed by atoms with Crippen molar-refractivity contribution in [3.63, 3.8) is 0 Å². The number of azide groups is 1. The predicted molar refractivity (Wildman–Crippen MR) is 397 cm³/mol. The topological polar surface area (TPSA) is 229 Å². The van der Waals surface area contributed by atoms with Gasteiger partial charge in [0.15, 0.2) is 5.78 Å². The Hall–Kier alpha value is -4.37. The first-order valence-electron chi connectivity index (χ1n) is 26.0. The van der Waals surface area contributed by atoms with Gasteiger partial charge in [0.2, 0.25) is 0 Å². The van der Waals surface area contributed by atoms with Crippen molar-refractivity contribution in [1.29, 1.82) is 0 Å². The molecule has 0 aliphatic carbocycles. The van der Waals surface area contributed by atoms with Crippen molar-refractivity contribution < 1.29 is 67.6 Å². The van der Waals surface area contributed by atoms with Crippen LogP contribution in [-0.2, 0) is 40.6 Å². The van der Waals surface area contributed by atoms with Gasteiger partial charge in [0.25, 0.3) is 0 Å². The van der Waals surface area contributed by atoms with Gasteiger partial charge in [-0.3, -0.25) is 9.36 Å². The van der Waals surface area contributed by atoms with Crippen LogP contribution in [0.15, 0.2) is 193 Å². The minimum absolute atomic E-state index is 0. The summed E-state index contributed by atoms with van der Waals surface area (Å²) in [5, 5.41) is 22.7. The maximum absolute atomic E-state index is 11.3. The normalized spacial score (nSPS) is 14.0. The van der Waals surface area contributed by atoms with Crippen molar-refractivity contribution in [2.24, 2.45) is 16.6 Å². The summed E-state index contributed by atoms with van der Waals surface area (Å²) >= 11 is 3.39. The monoisotopic (exact) mass is 1290 g/mol. The molecular weight excluding hydrogens is 1180 g/mol. The molecule has 1 aliphatic rings. The third kappa shape index (κ3) is 46.4. The first kappa shape index (κ1) is 120. The van der Waals surface area contributed by atoms with Gasteiger partial charge in [0, 0.05) is 72.7 Å². The van der Waals surface area contributed by atoms with E-state index in [1.54, 1.807) is 48.5 Å². The third-order valence-corrected chi connectivity index (χ3v) is 14.7. The first-order chi connectivity index (χ1) is 36.8. The second kappa shape index (κ2) is 64.3. The number of hydrogen-bond donors (Lipinski definition) is 4. The number of nitrogens with two attached hydrogens (primary N) is 2. The minimum Gasteiger partial charge on any atom is -0.769 e. The van der Waals surface area contributed by atoms with Crippen LogP contribution in [0.1, 0.15) is 180 Å². The molecule has 13 nitrogen and oxygen atoms in total. The molecule has 91 heavy (non-hydrogen) atoms. The smallest absolute Gasteiger partial charge is 0.769 e. The molecule has 1 heterocycles. The molecule has 0 bridgehead atoms. The molecule has 18 radical (unpaired) electrons. The van der Waals surface area contributed by atoms with Crippen LogP contribution in [0.3, 0.4) is 0 Å². The number of benzene rings is 6. The number of Topliss-reactive ketones (excluding diaryl/α,β-unsaturated/α-hetero) is 1. The van der Waals surface area contributed by atoms with Crippen LogP contribution >= 0.6 is 19.5 Å². The Morgan fingerprint density at radius 2 is 0.934 bits per heavy atom. The molecule has 0 aromatic heterocycles. The number of rotatable bonds is 14. The zero-order chi connectivity index (χ0) is 59.4. The Kier molecular flexibility index (Phi) is 85.1. The number of epoxide rings is 1. The SMILES string of the molecule is C.C.C.C.C.C.CC(=O)c1ccccc1.CC(C)(N)c1ccccc1.CC(O)C(C)(N)c1ccccc1.CC(O)C(C)(N=[N+]=[N-])c1ccccc1.CC1OC1(C)c1ccccc1.CC=C(C)c1ccccc1.CCOP(=O)(CC)OCC.[B].[B].[B].[B].[B].[B].[Na+].[O-]Cl. The van der Waals surface area contributed by atoms with Crippen molar-refractivity contribution in [1.82, 2.24) is 0 Å². The van der Waals surface area contributed by atoms with Gasteiger partial charge in [-0.1, -0.05) is 245 Å². The van der Waals surface area contributed by atoms with E-state index in [0.717, 1.165) is 16.7 Å². The van der Waals surface area contributed by atoms with Crippen LogP contribution in [0.2, 0.25) is 0 Å². The second-order valence-electron chi connectivity index (χ2n) is 19.0. The van der Waals surface area contributed by atoms with E-state index in [9.17, 15) is 19.6 Å². The molecule has 0 amide bonds. The van der Waals surface area contributed by atoms with Crippen LogP contribution in [0, 0.1) is 0 Å². The molecule has 1 fully saturated rings. The summed E-state index contributed by atoms with van der Waals surface area (Å²) < 4.78 is 34.5. The number of nitrogens with zero attached hydrogens (tertiary/aromatic N) is 3. The number of ether oxygens (including phenoxy) is 1. The largest absolute Gasteiger partial charge is 1.00 e. The molecule has 6 aromatic rings. The van der Waals surface area contributed by atoms with Gasteiger partial charge < -0.3 is 40.1 Å². The molecule has 1 saturated heterocycles. The Bertz CT molecular complexity index is 2650. The standard InChI is InChI=1S/C10H13N3O.C10H15NO.C10H12O.C10H12.C9H13N.C8H8O.C6H15O3P.6CH4.6B.ClO.Na/c1-8(14)10(2,12-13-11)9-6-4-3-5-7-9;1-8(12)10(2,11)9-6-4-3-5-7-9;1-8-10(2,11-8)9-6-4-3-5-7-9;1-3-9(2)10-7-5-4-6-8-10;1-9(2,10)8-6-4-3-5-7-8;1-7(9)8-5-3-2-4-6-8;1-4-8-10(7,6-3)9-5-2;;;;;;;;;;;;;1-2;/h3-8,14H,1-2H3;3-8,12H,11H2,1-2H3;3-8H,1-2H3;3-8H,1-2H3;3-7H,10H2,1-2H3;2-6H,1H3;4-6H2,1-3H3;6*1H4;;;;;;;;/q;;;;;;;;;;;;;;;;;;;-1;+1. The summed E-state index contributed by atoms with van der Waals surface area (Å²) in [6.45, 7) is 27.1. The van der Waals surface area contributed by atoms with E-state index >= 15 is 0 Å². The van der Waals surface area contributed by atoms with E-state index in [4.69, 9.17) is 35.4 Å². The van der Waals surface area contributed by atoms with Crippen LogP contribution < -0.4 is 45.7 Å². The van der Waals surface area contributed by atoms with Gasteiger partial charge in [-0.15, -0.1) is 0 Å². The number of aliphatic hydroxyl groups excluding tert-OH is 2. The molecule has 0 spiro atoms. The number of hydrogen-bond acceptors (Lipinski definition) is 11. The Labute approximate surface area is 594 Å². The molecule has 0 saturated carbocycles. The zero-order valence-corrected chi connectivity index (χ0v) is 56.5. The van der Waals surface area contributed by atoms with Crippen LogP contribution in [-0.4, -0.2) is 104 Å². The summed E-state index contributed by atoms with van der Waals surface area (Å²) in [7, 11) is -2.70. The fourth-order valence-corrected chi connectivity index (χ4v) is 7.94. The molecule has 22 heteroatoms. The first-order valence-corrected chi connectivity index (χ1v) is 28.0. The van der Waals surface area contributed by atoms with Crippen molar-refractivity contribution in [3.05, 3.63) is 232 Å². The van der Waals surface area contributed by atoms with Gasteiger partial charge in [0.1, 0.15) is 5.60 Å². The van der Waals surface area contributed by atoms with E-state index in [1.165, 1.54) is 22.3 Å². The van der Waals surface area contributed by atoms with Crippen molar-refractivity contribution >= 4 is 81.3 Å². The van der Waals surface area contributed by atoms with E-state index < -0.39 is 30.9 Å². The summed E-state index contributed by atoms with van der Waals surface area (Å²) in [5.74, 6) is 0.121. The van der Waals surface area contributed by atoms with Gasteiger partial charge in [-0.2, -0.15) is 0 Å². The predicted octanol–water partition coefficient (Wildman–Crippen LogP) is 13.3. The fraction of sp³-hybridized carbons (Fsp3) is 0.435. The van der Waals surface area contributed by atoms with E-state index in [0.29, 0.717) is 25.5 Å². The Morgan fingerprint density at radius 1 is 0.637 bits per heavy atom. The number of carbonyl (C=O) groups is 1. The van der Waals surface area contributed by atoms with E-state index in [-0.39, 0.29) is 142 Å². The number of aliphatic hydroxyl groups is 2. The van der Waals surface area contributed by atoms with Gasteiger partial charge in [-0.05, 0) is 129 Å². The van der Waals surface area contributed by atoms with Crippen molar-refractivity contribution in [3.8, 4) is 0 Å². The Balaban J connectivity index is -0.0000000618. The molecular formula is C69H112B6ClN5NaO8P. The van der Waals surface area contributed by atoms with Gasteiger partial charge in [-0.25, -0.2) is 11.9 Å². The van der Waals surface area contributed by atoms with Crippen molar-refractivity contribution in [2.75, 3.05) is 19.4 Å². The van der Waals surface area contributed by atoms with Crippen LogP contribution in [0.25, 0.3) is 16.0 Å². The van der Waals surface area contributed by atoms with Crippen LogP contribution in [0.4, 0.5) is 0 Å². The van der Waals surface area contributed by atoms with E-state index in [1.807, 2.05) is 154 Å². The number of allylic oxidation sites excluding steroid dienone is 2. The van der Waals surface area contributed by atoms with E-state index in [2.05, 4.69) is 104 Å². The molecule has 7 rings (SSSR count). The zero-order valence-electron chi connectivity index (χ0n) is 52.9. The average molecular weight is 1290 g/mol.